The number of amides is 1. The smallest absolute Gasteiger partial charge is 0.280 e. The standard InChI is InChI=1S/C26H26FN5O/c1-17-13-19(5-10-23(17)31-15-18(2)28-16-31)14-22-24(33)32-25(29-22)30(4)12-11-26(32,3)20-6-8-21(27)9-7-20/h5-10,13-16H,11-12H2,1-4H3/b22-14-. The van der Waals surface area contributed by atoms with E-state index in [1.807, 2.05) is 67.8 Å². The molecule has 0 aliphatic carbocycles. The molecule has 3 aromatic rings. The zero-order chi connectivity index (χ0) is 23.3. The lowest BCUT2D eigenvalue weighted by Crippen LogP contribution is -2.58. The number of nitrogens with zero attached hydrogens (tertiary/aromatic N) is 5. The summed E-state index contributed by atoms with van der Waals surface area (Å²) >= 11 is 0. The van der Waals surface area contributed by atoms with Gasteiger partial charge < -0.3 is 9.47 Å². The highest BCUT2D eigenvalue weighted by Gasteiger charge is 2.48. The van der Waals surface area contributed by atoms with E-state index in [4.69, 9.17) is 4.99 Å². The van der Waals surface area contributed by atoms with E-state index in [9.17, 15) is 9.18 Å². The Hall–Kier alpha value is -3.74. The first kappa shape index (κ1) is 21.1. The predicted molar refractivity (Wildman–Crippen MR) is 126 cm³/mol. The van der Waals surface area contributed by atoms with E-state index in [-0.39, 0.29) is 11.7 Å². The molecule has 3 heterocycles. The second-order valence-corrected chi connectivity index (χ2v) is 9.00. The number of halogens is 1. The summed E-state index contributed by atoms with van der Waals surface area (Å²) in [5.41, 5.74) is 4.69. The Morgan fingerprint density at radius 3 is 2.55 bits per heavy atom. The number of aromatic nitrogens is 2. The highest BCUT2D eigenvalue weighted by Crippen LogP contribution is 2.40. The maximum absolute atomic E-state index is 13.6. The molecule has 168 valence electrons. The summed E-state index contributed by atoms with van der Waals surface area (Å²) in [4.78, 5) is 26.3. The molecule has 0 N–H and O–H groups in total. The van der Waals surface area contributed by atoms with Crippen LogP contribution >= 0.6 is 0 Å². The second kappa shape index (κ2) is 7.69. The van der Waals surface area contributed by atoms with Crippen molar-refractivity contribution in [2.45, 2.75) is 32.7 Å². The summed E-state index contributed by atoms with van der Waals surface area (Å²) in [6.07, 6.45) is 6.34. The summed E-state index contributed by atoms with van der Waals surface area (Å²) < 4.78 is 15.5. The maximum atomic E-state index is 13.6. The van der Waals surface area contributed by atoms with Crippen LogP contribution in [0.5, 0.6) is 0 Å². The first-order chi connectivity index (χ1) is 15.8. The quantitative estimate of drug-likeness (QED) is 0.563. The van der Waals surface area contributed by atoms with E-state index in [0.717, 1.165) is 41.0 Å². The molecule has 0 bridgehead atoms. The molecule has 5 rings (SSSR count). The summed E-state index contributed by atoms with van der Waals surface area (Å²) in [6.45, 7) is 6.77. The van der Waals surface area contributed by atoms with Crippen LogP contribution in [0.1, 0.15) is 35.7 Å². The van der Waals surface area contributed by atoms with Gasteiger partial charge >= 0.3 is 0 Å². The minimum Gasteiger partial charge on any atom is -0.345 e. The van der Waals surface area contributed by atoms with Gasteiger partial charge in [-0.1, -0.05) is 18.2 Å². The fourth-order valence-corrected chi connectivity index (χ4v) is 4.65. The molecular weight excluding hydrogens is 417 g/mol. The SMILES string of the molecule is Cc1cn(-c2ccc(/C=C3\N=C4N(C)CCC(C)(c5ccc(F)cc5)N4C3=O)cc2C)cn1. The lowest BCUT2D eigenvalue weighted by atomic mass is 9.85. The molecule has 0 radical (unpaired) electrons. The zero-order valence-electron chi connectivity index (χ0n) is 19.2. The number of benzene rings is 2. The van der Waals surface area contributed by atoms with Crippen LogP contribution in [-0.4, -0.2) is 44.8 Å². The topological polar surface area (TPSA) is 53.7 Å². The van der Waals surface area contributed by atoms with Gasteiger partial charge in [0.15, 0.2) is 0 Å². The Labute approximate surface area is 192 Å². The minimum absolute atomic E-state index is 0.143. The normalized spacial score (nSPS) is 21.5. The van der Waals surface area contributed by atoms with E-state index in [2.05, 4.69) is 4.98 Å². The van der Waals surface area contributed by atoms with Gasteiger partial charge in [0.25, 0.3) is 5.91 Å². The van der Waals surface area contributed by atoms with E-state index in [0.29, 0.717) is 11.7 Å². The Morgan fingerprint density at radius 2 is 1.88 bits per heavy atom. The lowest BCUT2D eigenvalue weighted by Gasteiger charge is -2.46. The van der Waals surface area contributed by atoms with Crippen molar-refractivity contribution in [3.63, 3.8) is 0 Å². The number of hydrogen-bond acceptors (Lipinski definition) is 4. The fraction of sp³-hybridized carbons (Fsp3) is 0.269. The monoisotopic (exact) mass is 443 g/mol. The Balaban J connectivity index is 1.50. The van der Waals surface area contributed by atoms with Gasteiger partial charge in [0.2, 0.25) is 5.96 Å². The highest BCUT2D eigenvalue weighted by atomic mass is 19.1. The van der Waals surface area contributed by atoms with Gasteiger partial charge in [-0.15, -0.1) is 0 Å². The molecule has 6 nitrogen and oxygen atoms in total. The third-order valence-electron chi connectivity index (χ3n) is 6.59. The molecule has 2 aliphatic rings. The number of fused-ring (bicyclic) bond motifs is 1. The van der Waals surface area contributed by atoms with E-state index in [1.165, 1.54) is 12.1 Å². The van der Waals surface area contributed by atoms with Crippen molar-refractivity contribution in [2.24, 2.45) is 4.99 Å². The molecule has 7 heteroatoms. The van der Waals surface area contributed by atoms with Crippen LogP contribution in [0.2, 0.25) is 0 Å². The van der Waals surface area contributed by atoms with Crippen LogP contribution < -0.4 is 0 Å². The van der Waals surface area contributed by atoms with Crippen LogP contribution in [0.3, 0.4) is 0 Å². The molecule has 0 spiro atoms. The predicted octanol–water partition coefficient (Wildman–Crippen LogP) is 4.42. The molecule has 1 atom stereocenters. The minimum atomic E-state index is -0.592. The van der Waals surface area contributed by atoms with Crippen LogP contribution in [0.25, 0.3) is 11.8 Å². The van der Waals surface area contributed by atoms with E-state index < -0.39 is 5.54 Å². The summed E-state index contributed by atoms with van der Waals surface area (Å²) in [5, 5.41) is 0. The third-order valence-corrected chi connectivity index (χ3v) is 6.59. The van der Waals surface area contributed by atoms with E-state index >= 15 is 0 Å². The number of imidazole rings is 1. The summed E-state index contributed by atoms with van der Waals surface area (Å²) in [6, 6.07) is 12.5. The number of carbonyl (C=O) groups is 1. The zero-order valence-corrected chi connectivity index (χ0v) is 19.2. The second-order valence-electron chi connectivity index (χ2n) is 9.00. The Kier molecular flexibility index (Phi) is 4.92. The van der Waals surface area contributed by atoms with Gasteiger partial charge in [0.05, 0.1) is 17.6 Å². The molecule has 1 amide bonds. The Bertz CT molecular complexity index is 1310. The van der Waals surface area contributed by atoms with Gasteiger partial charge in [0, 0.05) is 25.5 Å². The molecule has 1 saturated heterocycles. The molecular formula is C26H26FN5O. The Morgan fingerprint density at radius 1 is 1.12 bits per heavy atom. The number of aliphatic imine (C=N–C) groups is 1. The van der Waals surface area contributed by atoms with Crippen molar-refractivity contribution in [3.8, 4) is 5.69 Å². The fourth-order valence-electron chi connectivity index (χ4n) is 4.65. The van der Waals surface area contributed by atoms with Gasteiger partial charge in [-0.2, -0.15) is 0 Å². The number of rotatable bonds is 3. The number of hydrogen-bond donors (Lipinski definition) is 0. The van der Waals surface area contributed by atoms with Crippen LogP contribution in [-0.2, 0) is 10.3 Å². The largest absolute Gasteiger partial charge is 0.345 e. The average molecular weight is 444 g/mol. The maximum Gasteiger partial charge on any atom is 0.280 e. The van der Waals surface area contributed by atoms with Crippen molar-refractivity contribution < 1.29 is 9.18 Å². The van der Waals surface area contributed by atoms with Crippen molar-refractivity contribution in [2.75, 3.05) is 13.6 Å². The molecule has 1 fully saturated rings. The first-order valence-corrected chi connectivity index (χ1v) is 11.0. The number of guanidine groups is 1. The van der Waals surface area contributed by atoms with E-state index in [1.54, 1.807) is 23.4 Å². The average Bonchev–Trinajstić information content (AvgIpc) is 3.36. The van der Waals surface area contributed by atoms with Crippen molar-refractivity contribution in [1.29, 1.82) is 0 Å². The number of aryl methyl sites for hydroxylation is 2. The first-order valence-electron chi connectivity index (χ1n) is 11.0. The highest BCUT2D eigenvalue weighted by molar-refractivity contribution is 6.14. The summed E-state index contributed by atoms with van der Waals surface area (Å²) in [5.74, 6) is 0.198. The van der Waals surface area contributed by atoms with Gasteiger partial charge in [-0.25, -0.2) is 14.4 Å². The van der Waals surface area contributed by atoms with Crippen LogP contribution in [0.4, 0.5) is 4.39 Å². The van der Waals surface area contributed by atoms with Crippen LogP contribution in [0, 0.1) is 19.7 Å². The van der Waals surface area contributed by atoms with Crippen molar-refractivity contribution in [1.82, 2.24) is 19.4 Å². The van der Waals surface area contributed by atoms with Gasteiger partial charge in [-0.3, -0.25) is 9.69 Å². The third kappa shape index (κ3) is 3.53. The molecule has 33 heavy (non-hydrogen) atoms. The molecule has 0 saturated carbocycles. The van der Waals surface area contributed by atoms with Crippen molar-refractivity contribution >= 4 is 17.9 Å². The summed E-state index contributed by atoms with van der Waals surface area (Å²) in [7, 11) is 1.94. The van der Waals surface area contributed by atoms with Gasteiger partial charge in [-0.05, 0) is 74.2 Å². The van der Waals surface area contributed by atoms with Crippen LogP contribution in [0.15, 0.2) is 65.7 Å². The molecule has 1 aromatic heterocycles. The molecule has 1 unspecified atom stereocenters. The molecule has 2 aliphatic heterocycles. The lowest BCUT2D eigenvalue weighted by molar-refractivity contribution is -0.128. The number of carbonyl (C=O) groups excluding carboxylic acids is 1. The van der Waals surface area contributed by atoms with Gasteiger partial charge in [0.1, 0.15) is 11.5 Å². The van der Waals surface area contributed by atoms with Crippen molar-refractivity contribution in [3.05, 3.63) is 88.9 Å². The molecule has 2 aromatic carbocycles.